The molecule has 0 aromatic heterocycles. The van der Waals surface area contributed by atoms with Crippen molar-refractivity contribution in [3.63, 3.8) is 0 Å². The van der Waals surface area contributed by atoms with Crippen LogP contribution in [0.2, 0.25) is 0 Å². The minimum absolute atomic E-state index is 0.428. The number of nitriles is 1. The van der Waals surface area contributed by atoms with E-state index in [0.29, 0.717) is 13.2 Å². The second kappa shape index (κ2) is 8.44. The summed E-state index contributed by atoms with van der Waals surface area (Å²) in [5.41, 5.74) is -0.428. The van der Waals surface area contributed by atoms with E-state index in [1.165, 1.54) is 0 Å². The second-order valence-corrected chi connectivity index (χ2v) is 4.65. The third-order valence-electron chi connectivity index (χ3n) is 3.45. The molecule has 4 nitrogen and oxygen atoms in total. The molecule has 110 valence electrons. The molecule has 4 heteroatoms. The van der Waals surface area contributed by atoms with Crippen LogP contribution in [0.4, 0.5) is 0 Å². The Kier molecular flexibility index (Phi) is 6.89. The third kappa shape index (κ3) is 4.75. The number of rotatable bonds is 9. The maximum absolute atomic E-state index is 9.21. The fourth-order valence-corrected chi connectivity index (χ4v) is 2.03. The number of ether oxygens (including phenoxy) is 2. The minimum atomic E-state index is -0.428. The zero-order valence-electron chi connectivity index (χ0n) is 12.6. The lowest BCUT2D eigenvalue weighted by Gasteiger charge is -2.24. The molecule has 0 heterocycles. The summed E-state index contributed by atoms with van der Waals surface area (Å²) in [6.45, 7) is 5.25. The van der Waals surface area contributed by atoms with Gasteiger partial charge in [-0.1, -0.05) is 6.92 Å². The highest BCUT2D eigenvalue weighted by Crippen LogP contribution is 2.19. The molecule has 1 N–H and O–H groups in total. The van der Waals surface area contributed by atoms with Gasteiger partial charge in [-0.25, -0.2) is 0 Å². The lowest BCUT2D eigenvalue weighted by Crippen LogP contribution is -2.41. The van der Waals surface area contributed by atoms with Crippen molar-refractivity contribution in [2.75, 3.05) is 20.3 Å². The molecule has 0 aliphatic rings. The Morgan fingerprint density at radius 3 is 2.20 bits per heavy atom. The van der Waals surface area contributed by atoms with Crippen LogP contribution in [0.3, 0.4) is 0 Å². The highest BCUT2D eigenvalue weighted by atomic mass is 16.5. The molecular formula is C16H24N2O2. The van der Waals surface area contributed by atoms with E-state index in [-0.39, 0.29) is 0 Å². The van der Waals surface area contributed by atoms with Crippen LogP contribution in [0.5, 0.6) is 11.5 Å². The van der Waals surface area contributed by atoms with Gasteiger partial charge in [0.1, 0.15) is 17.0 Å². The van der Waals surface area contributed by atoms with E-state index in [1.807, 2.05) is 45.2 Å². The SMILES string of the molecule is CCOc1ccc(OCCCC(C#N)(CC)NC)cc1. The Hall–Kier alpha value is -1.73. The molecule has 0 amide bonds. The molecule has 0 aliphatic carbocycles. The van der Waals surface area contributed by atoms with Crippen LogP contribution in [0.15, 0.2) is 24.3 Å². The summed E-state index contributed by atoms with van der Waals surface area (Å²) in [4.78, 5) is 0. The molecule has 1 aromatic rings. The van der Waals surface area contributed by atoms with E-state index in [4.69, 9.17) is 9.47 Å². The van der Waals surface area contributed by atoms with Gasteiger partial charge in [0.05, 0.1) is 19.3 Å². The van der Waals surface area contributed by atoms with E-state index in [2.05, 4.69) is 11.4 Å². The normalized spacial score (nSPS) is 13.3. The fourth-order valence-electron chi connectivity index (χ4n) is 2.03. The number of nitrogens with zero attached hydrogens (tertiary/aromatic N) is 1. The monoisotopic (exact) mass is 276 g/mol. The van der Waals surface area contributed by atoms with Crippen LogP contribution in [0.1, 0.15) is 33.1 Å². The minimum Gasteiger partial charge on any atom is -0.494 e. The summed E-state index contributed by atoms with van der Waals surface area (Å²) in [5, 5.41) is 12.3. The maximum atomic E-state index is 9.21. The molecule has 0 radical (unpaired) electrons. The summed E-state index contributed by atoms with van der Waals surface area (Å²) < 4.78 is 11.1. The number of benzene rings is 1. The quantitative estimate of drug-likeness (QED) is 0.704. The van der Waals surface area contributed by atoms with E-state index in [0.717, 1.165) is 30.8 Å². The number of hydrogen-bond acceptors (Lipinski definition) is 4. The van der Waals surface area contributed by atoms with Crippen molar-refractivity contribution in [2.45, 2.75) is 38.6 Å². The lowest BCUT2D eigenvalue weighted by atomic mass is 9.92. The van der Waals surface area contributed by atoms with Gasteiger partial charge in [-0.15, -0.1) is 0 Å². The van der Waals surface area contributed by atoms with Crippen molar-refractivity contribution < 1.29 is 9.47 Å². The highest BCUT2D eigenvalue weighted by molar-refractivity contribution is 5.31. The third-order valence-corrected chi connectivity index (χ3v) is 3.45. The Bertz CT molecular complexity index is 419. The first-order valence-corrected chi connectivity index (χ1v) is 7.15. The molecule has 20 heavy (non-hydrogen) atoms. The molecule has 1 aromatic carbocycles. The van der Waals surface area contributed by atoms with Gasteiger partial charge in [0.25, 0.3) is 0 Å². The molecule has 1 atom stereocenters. The van der Waals surface area contributed by atoms with Gasteiger partial charge in [-0.05, 0) is 57.5 Å². The molecule has 1 unspecified atom stereocenters. The van der Waals surface area contributed by atoms with Gasteiger partial charge >= 0.3 is 0 Å². The zero-order valence-corrected chi connectivity index (χ0v) is 12.6. The predicted molar refractivity (Wildman–Crippen MR) is 80.0 cm³/mol. The first-order chi connectivity index (χ1) is 9.69. The van der Waals surface area contributed by atoms with E-state index in [1.54, 1.807) is 0 Å². The van der Waals surface area contributed by atoms with Crippen LogP contribution in [-0.4, -0.2) is 25.8 Å². The number of nitrogens with one attached hydrogen (secondary N) is 1. The Morgan fingerprint density at radius 1 is 1.15 bits per heavy atom. The molecule has 0 saturated carbocycles. The van der Waals surface area contributed by atoms with E-state index >= 15 is 0 Å². The van der Waals surface area contributed by atoms with Gasteiger partial charge in [-0.2, -0.15) is 5.26 Å². The average Bonchev–Trinajstić information content (AvgIpc) is 2.50. The summed E-state index contributed by atoms with van der Waals surface area (Å²) in [5.74, 6) is 1.68. The number of hydrogen-bond donors (Lipinski definition) is 1. The first kappa shape index (κ1) is 16.3. The van der Waals surface area contributed by atoms with Crippen LogP contribution in [-0.2, 0) is 0 Å². The molecule has 1 rings (SSSR count). The summed E-state index contributed by atoms with van der Waals surface area (Å²) >= 11 is 0. The lowest BCUT2D eigenvalue weighted by molar-refractivity contribution is 0.280. The van der Waals surface area contributed by atoms with E-state index in [9.17, 15) is 5.26 Å². The Labute approximate surface area is 121 Å². The van der Waals surface area contributed by atoms with Crippen LogP contribution in [0, 0.1) is 11.3 Å². The van der Waals surface area contributed by atoms with Crippen molar-refractivity contribution in [1.29, 1.82) is 5.26 Å². The van der Waals surface area contributed by atoms with Crippen LogP contribution < -0.4 is 14.8 Å². The summed E-state index contributed by atoms with van der Waals surface area (Å²) in [6, 6.07) is 9.96. The van der Waals surface area contributed by atoms with Crippen molar-refractivity contribution in [3.8, 4) is 17.6 Å². The predicted octanol–water partition coefficient (Wildman–Crippen LogP) is 3.14. The van der Waals surface area contributed by atoms with Gasteiger partial charge in [0, 0.05) is 0 Å². The van der Waals surface area contributed by atoms with Crippen molar-refractivity contribution in [3.05, 3.63) is 24.3 Å². The Balaban J connectivity index is 2.35. The first-order valence-electron chi connectivity index (χ1n) is 7.15. The van der Waals surface area contributed by atoms with Gasteiger partial charge < -0.3 is 14.8 Å². The molecule has 0 saturated heterocycles. The molecule has 0 aliphatic heterocycles. The maximum Gasteiger partial charge on any atom is 0.119 e. The van der Waals surface area contributed by atoms with Crippen LogP contribution in [0.25, 0.3) is 0 Å². The molecule has 0 bridgehead atoms. The molecule has 0 fully saturated rings. The van der Waals surface area contributed by atoms with Gasteiger partial charge in [-0.3, -0.25) is 0 Å². The average molecular weight is 276 g/mol. The summed E-state index contributed by atoms with van der Waals surface area (Å²) in [6.07, 6.45) is 2.42. The van der Waals surface area contributed by atoms with Crippen molar-refractivity contribution >= 4 is 0 Å². The topological polar surface area (TPSA) is 54.3 Å². The van der Waals surface area contributed by atoms with E-state index < -0.39 is 5.54 Å². The zero-order chi connectivity index (χ0) is 14.8. The molecular weight excluding hydrogens is 252 g/mol. The highest BCUT2D eigenvalue weighted by Gasteiger charge is 2.24. The largest absolute Gasteiger partial charge is 0.494 e. The van der Waals surface area contributed by atoms with Gasteiger partial charge in [0.2, 0.25) is 0 Å². The standard InChI is InChI=1S/C16H24N2O2/c1-4-16(13-17,18-3)11-6-12-20-15-9-7-14(8-10-15)19-5-2/h7-10,18H,4-6,11-12H2,1-3H3. The Morgan fingerprint density at radius 2 is 1.75 bits per heavy atom. The smallest absolute Gasteiger partial charge is 0.119 e. The molecule has 0 spiro atoms. The van der Waals surface area contributed by atoms with Gasteiger partial charge in [0.15, 0.2) is 0 Å². The second-order valence-electron chi connectivity index (χ2n) is 4.65. The van der Waals surface area contributed by atoms with Crippen molar-refractivity contribution in [2.24, 2.45) is 0 Å². The summed E-state index contributed by atoms with van der Waals surface area (Å²) in [7, 11) is 1.83. The van der Waals surface area contributed by atoms with Crippen molar-refractivity contribution in [1.82, 2.24) is 5.32 Å². The fraction of sp³-hybridized carbons (Fsp3) is 0.562. The van der Waals surface area contributed by atoms with Crippen LogP contribution >= 0.6 is 0 Å².